The molecule has 0 aliphatic carbocycles. The molecule has 0 spiro atoms. The van der Waals surface area contributed by atoms with Crippen LogP contribution in [0.15, 0.2) is 5.16 Å². The second kappa shape index (κ2) is 21.9. The van der Waals surface area contributed by atoms with Crippen LogP contribution in [0.25, 0.3) is 0 Å². The standard InChI is InChI=1S/C27H51ClN4S/c1-4-7-10-13-16-19-22-32(23-20-17-14-11-8-5-2)26-29-25(28)30-27(31-26)33-24-21-18-15-12-9-6-3/h4-24H2,1-3H3. The largest absolute Gasteiger partial charge is 0.341 e. The Morgan fingerprint density at radius 2 is 1.03 bits per heavy atom. The third-order valence-corrected chi connectivity index (χ3v) is 7.25. The summed E-state index contributed by atoms with van der Waals surface area (Å²) in [5.74, 6) is 1.84. The smallest absolute Gasteiger partial charge is 0.230 e. The Morgan fingerprint density at radius 1 is 0.576 bits per heavy atom. The van der Waals surface area contributed by atoms with Gasteiger partial charge in [0.05, 0.1) is 0 Å². The zero-order valence-corrected chi connectivity index (χ0v) is 23.5. The Balaban J connectivity index is 2.57. The molecule has 0 bridgehead atoms. The molecule has 192 valence electrons. The van der Waals surface area contributed by atoms with Crippen LogP contribution >= 0.6 is 23.4 Å². The van der Waals surface area contributed by atoms with E-state index < -0.39 is 0 Å². The van der Waals surface area contributed by atoms with Gasteiger partial charge in [-0.25, -0.2) is 0 Å². The van der Waals surface area contributed by atoms with E-state index >= 15 is 0 Å². The van der Waals surface area contributed by atoms with Gasteiger partial charge in [-0.2, -0.15) is 15.0 Å². The molecule has 1 aromatic heterocycles. The van der Waals surface area contributed by atoms with Crippen LogP contribution in [0.4, 0.5) is 5.95 Å². The van der Waals surface area contributed by atoms with Gasteiger partial charge in [0.25, 0.3) is 0 Å². The Kier molecular flexibility index (Phi) is 20.3. The fraction of sp³-hybridized carbons (Fsp3) is 0.889. The van der Waals surface area contributed by atoms with Gasteiger partial charge in [0, 0.05) is 18.8 Å². The summed E-state index contributed by atoms with van der Waals surface area (Å²) >= 11 is 8.06. The molecule has 0 unspecified atom stereocenters. The Morgan fingerprint density at radius 3 is 1.55 bits per heavy atom. The van der Waals surface area contributed by atoms with Crippen LogP contribution in [0.2, 0.25) is 5.28 Å². The molecule has 0 amide bonds. The first kappa shape index (κ1) is 30.5. The molecule has 6 heteroatoms. The zero-order valence-electron chi connectivity index (χ0n) is 21.9. The van der Waals surface area contributed by atoms with Crippen molar-refractivity contribution in [2.24, 2.45) is 0 Å². The van der Waals surface area contributed by atoms with E-state index in [1.165, 1.54) is 116 Å². The van der Waals surface area contributed by atoms with Crippen LogP contribution in [0.5, 0.6) is 0 Å². The molecule has 0 atom stereocenters. The van der Waals surface area contributed by atoms with Gasteiger partial charge in [0.15, 0.2) is 5.16 Å². The van der Waals surface area contributed by atoms with Crippen molar-refractivity contribution in [3.05, 3.63) is 5.28 Å². The van der Waals surface area contributed by atoms with E-state index in [1.807, 2.05) is 0 Å². The maximum atomic E-state index is 6.33. The lowest BCUT2D eigenvalue weighted by Gasteiger charge is -2.23. The van der Waals surface area contributed by atoms with Crippen molar-refractivity contribution >= 4 is 29.3 Å². The van der Waals surface area contributed by atoms with Gasteiger partial charge in [0.1, 0.15) is 0 Å². The third-order valence-electron chi connectivity index (χ3n) is 6.15. The maximum absolute atomic E-state index is 6.33. The van der Waals surface area contributed by atoms with E-state index in [4.69, 9.17) is 16.6 Å². The number of aromatic nitrogens is 3. The highest BCUT2D eigenvalue weighted by Crippen LogP contribution is 2.22. The minimum absolute atomic E-state index is 0.335. The summed E-state index contributed by atoms with van der Waals surface area (Å²) < 4.78 is 0. The van der Waals surface area contributed by atoms with Crippen molar-refractivity contribution in [1.82, 2.24) is 15.0 Å². The lowest BCUT2D eigenvalue weighted by molar-refractivity contribution is 0.568. The zero-order chi connectivity index (χ0) is 24.0. The summed E-state index contributed by atoms with van der Waals surface area (Å²) in [6.07, 6.45) is 23.5. The van der Waals surface area contributed by atoms with E-state index in [2.05, 4.69) is 35.6 Å². The topological polar surface area (TPSA) is 41.9 Å². The number of rotatable bonds is 23. The lowest BCUT2D eigenvalue weighted by Crippen LogP contribution is -2.28. The SMILES string of the molecule is CCCCCCCCSc1nc(Cl)nc(N(CCCCCCCC)CCCCCCCC)n1. The quantitative estimate of drug-likeness (QED) is 0.111. The molecule has 0 radical (unpaired) electrons. The van der Waals surface area contributed by atoms with Gasteiger partial charge in [-0.05, 0) is 30.9 Å². The lowest BCUT2D eigenvalue weighted by atomic mass is 10.1. The molecule has 1 heterocycles. The fourth-order valence-corrected chi connectivity index (χ4v) is 5.09. The van der Waals surface area contributed by atoms with Crippen molar-refractivity contribution in [2.45, 2.75) is 142 Å². The number of halogens is 1. The first-order valence-electron chi connectivity index (χ1n) is 14.0. The average molecular weight is 499 g/mol. The molecule has 1 rings (SSSR count). The summed E-state index contributed by atoms with van der Waals surface area (Å²) in [7, 11) is 0. The van der Waals surface area contributed by atoms with Gasteiger partial charge in [-0.3, -0.25) is 0 Å². The molecule has 0 saturated heterocycles. The molecule has 1 aromatic rings. The first-order chi connectivity index (χ1) is 16.2. The van der Waals surface area contributed by atoms with Gasteiger partial charge in [-0.15, -0.1) is 0 Å². The molecule has 0 aliphatic heterocycles. The van der Waals surface area contributed by atoms with Crippen molar-refractivity contribution in [3.8, 4) is 0 Å². The fourth-order valence-electron chi connectivity index (χ4n) is 4.05. The van der Waals surface area contributed by atoms with Crippen molar-refractivity contribution in [3.63, 3.8) is 0 Å². The van der Waals surface area contributed by atoms with Crippen LogP contribution in [-0.4, -0.2) is 33.8 Å². The second-order valence-corrected chi connectivity index (χ2v) is 10.7. The van der Waals surface area contributed by atoms with Gasteiger partial charge >= 0.3 is 0 Å². The molecule has 0 saturated carbocycles. The normalized spacial score (nSPS) is 11.3. The van der Waals surface area contributed by atoms with Gasteiger partial charge < -0.3 is 4.90 Å². The minimum atomic E-state index is 0.335. The van der Waals surface area contributed by atoms with Crippen LogP contribution < -0.4 is 4.90 Å². The van der Waals surface area contributed by atoms with Crippen molar-refractivity contribution < 1.29 is 0 Å². The predicted octanol–water partition coefficient (Wildman–Crippen LogP) is 9.50. The third kappa shape index (κ3) is 16.7. The van der Waals surface area contributed by atoms with E-state index in [1.54, 1.807) is 11.8 Å². The molecule has 0 N–H and O–H groups in total. The molecule has 0 aromatic carbocycles. The highest BCUT2D eigenvalue weighted by molar-refractivity contribution is 7.99. The molecule has 33 heavy (non-hydrogen) atoms. The Labute approximate surface area is 214 Å². The van der Waals surface area contributed by atoms with Crippen molar-refractivity contribution in [2.75, 3.05) is 23.7 Å². The number of nitrogens with zero attached hydrogens (tertiary/aromatic N) is 4. The van der Waals surface area contributed by atoms with E-state index in [0.29, 0.717) is 5.28 Å². The van der Waals surface area contributed by atoms with E-state index in [-0.39, 0.29) is 0 Å². The molecular weight excluding hydrogens is 448 g/mol. The predicted molar refractivity (Wildman–Crippen MR) is 148 cm³/mol. The van der Waals surface area contributed by atoms with E-state index in [0.717, 1.165) is 29.9 Å². The summed E-state index contributed by atoms with van der Waals surface area (Å²) in [5.41, 5.74) is 0. The number of hydrogen-bond donors (Lipinski definition) is 0. The summed E-state index contributed by atoms with van der Waals surface area (Å²) in [6.45, 7) is 8.84. The second-order valence-electron chi connectivity index (χ2n) is 9.33. The highest BCUT2D eigenvalue weighted by Gasteiger charge is 2.13. The Hall–Kier alpha value is -0.550. The van der Waals surface area contributed by atoms with Crippen LogP contribution in [0, 0.1) is 0 Å². The van der Waals surface area contributed by atoms with Crippen molar-refractivity contribution in [1.29, 1.82) is 0 Å². The van der Waals surface area contributed by atoms with Crippen LogP contribution in [0.3, 0.4) is 0 Å². The van der Waals surface area contributed by atoms with Gasteiger partial charge in [0.2, 0.25) is 11.2 Å². The van der Waals surface area contributed by atoms with Gasteiger partial charge in [-0.1, -0.05) is 129 Å². The average Bonchev–Trinajstić information content (AvgIpc) is 2.81. The highest BCUT2D eigenvalue weighted by atomic mass is 35.5. The Bertz CT molecular complexity index is 557. The number of thioether (sulfide) groups is 1. The van der Waals surface area contributed by atoms with Crippen LogP contribution in [-0.2, 0) is 0 Å². The summed E-state index contributed by atoms with van der Waals surface area (Å²) in [6, 6.07) is 0. The maximum Gasteiger partial charge on any atom is 0.230 e. The minimum Gasteiger partial charge on any atom is -0.341 e. The molecule has 0 fully saturated rings. The number of anilines is 1. The molecule has 4 nitrogen and oxygen atoms in total. The summed E-state index contributed by atoms with van der Waals surface area (Å²) in [5, 5.41) is 1.12. The number of hydrogen-bond acceptors (Lipinski definition) is 5. The van der Waals surface area contributed by atoms with Crippen LogP contribution in [0.1, 0.15) is 136 Å². The molecular formula is C27H51ClN4S. The molecule has 0 aliphatic rings. The number of unbranched alkanes of at least 4 members (excludes halogenated alkanes) is 15. The first-order valence-corrected chi connectivity index (χ1v) is 15.4. The monoisotopic (exact) mass is 498 g/mol. The van der Waals surface area contributed by atoms with E-state index in [9.17, 15) is 0 Å². The summed E-state index contributed by atoms with van der Waals surface area (Å²) in [4.78, 5) is 16.1.